The number of benzene rings is 1. The summed E-state index contributed by atoms with van der Waals surface area (Å²) >= 11 is 12.1. The molecule has 1 aromatic heterocycles. The van der Waals surface area contributed by atoms with E-state index in [0.29, 0.717) is 34.5 Å². The summed E-state index contributed by atoms with van der Waals surface area (Å²) in [6.07, 6.45) is 1.83. The molecule has 1 fully saturated rings. The van der Waals surface area contributed by atoms with E-state index in [2.05, 4.69) is 20.6 Å². The number of likely N-dealkylation sites (tertiary alicyclic amines) is 1. The van der Waals surface area contributed by atoms with Gasteiger partial charge in [-0.05, 0) is 25.0 Å². The van der Waals surface area contributed by atoms with Gasteiger partial charge in [0.05, 0.1) is 15.6 Å². The van der Waals surface area contributed by atoms with Crippen molar-refractivity contribution in [2.24, 2.45) is 0 Å². The van der Waals surface area contributed by atoms with Gasteiger partial charge in [-0.3, -0.25) is 4.79 Å². The van der Waals surface area contributed by atoms with E-state index in [1.54, 1.807) is 23.1 Å². The zero-order chi connectivity index (χ0) is 14.8. The van der Waals surface area contributed by atoms with Crippen molar-refractivity contribution in [1.29, 1.82) is 0 Å². The maximum absolute atomic E-state index is 12.6. The number of nitrogens with one attached hydrogen (secondary N) is 1. The van der Waals surface area contributed by atoms with Gasteiger partial charge in [0.25, 0.3) is 5.91 Å². The van der Waals surface area contributed by atoms with Crippen LogP contribution in [0.1, 0.15) is 34.9 Å². The molecule has 8 heteroatoms. The molecule has 3 rings (SSSR count). The van der Waals surface area contributed by atoms with Crippen LogP contribution in [0, 0.1) is 0 Å². The number of hydrogen-bond acceptors (Lipinski definition) is 4. The van der Waals surface area contributed by atoms with Gasteiger partial charge in [-0.15, -0.1) is 10.2 Å². The van der Waals surface area contributed by atoms with Gasteiger partial charge in [0, 0.05) is 19.0 Å². The first kappa shape index (κ1) is 14.3. The van der Waals surface area contributed by atoms with Crippen molar-refractivity contribution in [3.8, 4) is 0 Å². The molecule has 0 aliphatic carbocycles. The summed E-state index contributed by atoms with van der Waals surface area (Å²) in [6.45, 7) is 1.25. The number of aromatic amines is 1. The smallest absolute Gasteiger partial charge is 0.255 e. The average Bonchev–Trinajstić information content (AvgIpc) is 3.04. The highest BCUT2D eigenvalue weighted by Gasteiger charge is 2.28. The quantitative estimate of drug-likeness (QED) is 0.920. The van der Waals surface area contributed by atoms with E-state index >= 15 is 0 Å². The van der Waals surface area contributed by atoms with Gasteiger partial charge in [-0.1, -0.05) is 34.5 Å². The predicted molar refractivity (Wildman–Crippen MR) is 78.5 cm³/mol. The van der Waals surface area contributed by atoms with Gasteiger partial charge in [0.2, 0.25) is 0 Å². The molecule has 0 radical (unpaired) electrons. The summed E-state index contributed by atoms with van der Waals surface area (Å²) in [5.41, 5.74) is 0.429. The number of rotatable bonds is 2. The number of aromatic nitrogens is 4. The van der Waals surface area contributed by atoms with Crippen molar-refractivity contribution in [2.75, 3.05) is 13.1 Å². The average molecular weight is 326 g/mol. The van der Waals surface area contributed by atoms with E-state index in [1.165, 1.54) is 0 Å². The van der Waals surface area contributed by atoms with Gasteiger partial charge < -0.3 is 4.90 Å². The fraction of sp³-hybridized carbons (Fsp3) is 0.385. The van der Waals surface area contributed by atoms with Crippen LogP contribution in [0.4, 0.5) is 0 Å². The molecule has 0 bridgehead atoms. The normalized spacial score (nSPS) is 18.8. The van der Waals surface area contributed by atoms with E-state index in [9.17, 15) is 4.79 Å². The van der Waals surface area contributed by atoms with Crippen LogP contribution >= 0.6 is 23.2 Å². The molecule has 110 valence electrons. The molecule has 6 nitrogen and oxygen atoms in total. The summed E-state index contributed by atoms with van der Waals surface area (Å²) < 4.78 is 0. The van der Waals surface area contributed by atoms with Crippen LogP contribution < -0.4 is 0 Å². The first-order chi connectivity index (χ1) is 10.2. The van der Waals surface area contributed by atoms with Gasteiger partial charge in [0.1, 0.15) is 0 Å². The van der Waals surface area contributed by atoms with Crippen molar-refractivity contribution < 1.29 is 4.79 Å². The minimum Gasteiger partial charge on any atom is -0.338 e. The van der Waals surface area contributed by atoms with Gasteiger partial charge in [-0.25, -0.2) is 0 Å². The van der Waals surface area contributed by atoms with Crippen molar-refractivity contribution in [1.82, 2.24) is 25.5 Å². The summed E-state index contributed by atoms with van der Waals surface area (Å²) in [7, 11) is 0. The molecule has 2 aromatic rings. The molecular weight excluding hydrogens is 313 g/mol. The molecule has 1 amide bonds. The van der Waals surface area contributed by atoms with E-state index in [-0.39, 0.29) is 11.8 Å². The van der Waals surface area contributed by atoms with E-state index in [4.69, 9.17) is 23.2 Å². The number of carbonyl (C=O) groups is 1. The maximum atomic E-state index is 12.6. The third-order valence-electron chi connectivity index (χ3n) is 3.62. The van der Waals surface area contributed by atoms with E-state index < -0.39 is 0 Å². The number of nitrogens with zero attached hydrogens (tertiary/aromatic N) is 4. The number of amides is 1. The van der Waals surface area contributed by atoms with Crippen molar-refractivity contribution in [3.63, 3.8) is 0 Å². The Kier molecular flexibility index (Phi) is 4.07. The SMILES string of the molecule is O=C(c1cccc(Cl)c1Cl)N1CCCC(c2nn[nH]n2)C1. The third-order valence-corrected chi connectivity index (χ3v) is 4.44. The predicted octanol–water partition coefficient (Wildman–Crippen LogP) is 2.53. The lowest BCUT2D eigenvalue weighted by Crippen LogP contribution is -2.39. The third kappa shape index (κ3) is 2.87. The lowest BCUT2D eigenvalue weighted by molar-refractivity contribution is 0.0704. The molecular formula is C13H13Cl2N5O. The first-order valence-electron chi connectivity index (χ1n) is 6.63. The highest BCUT2D eigenvalue weighted by Crippen LogP contribution is 2.29. The van der Waals surface area contributed by atoms with Crippen molar-refractivity contribution in [2.45, 2.75) is 18.8 Å². The molecule has 21 heavy (non-hydrogen) atoms. The minimum absolute atomic E-state index is 0.0967. The fourth-order valence-electron chi connectivity index (χ4n) is 2.55. The lowest BCUT2D eigenvalue weighted by Gasteiger charge is -2.31. The van der Waals surface area contributed by atoms with Crippen LogP contribution in [-0.2, 0) is 0 Å². The van der Waals surface area contributed by atoms with Gasteiger partial charge in [-0.2, -0.15) is 5.21 Å². The summed E-state index contributed by atoms with van der Waals surface area (Å²) in [6, 6.07) is 5.08. The van der Waals surface area contributed by atoms with Gasteiger partial charge in [0.15, 0.2) is 5.82 Å². The second-order valence-corrected chi connectivity index (χ2v) is 5.75. The van der Waals surface area contributed by atoms with Crippen LogP contribution in [0.3, 0.4) is 0 Å². The molecule has 1 atom stereocenters. The minimum atomic E-state index is -0.115. The van der Waals surface area contributed by atoms with Crippen LogP contribution in [-0.4, -0.2) is 44.5 Å². The fourth-order valence-corrected chi connectivity index (χ4v) is 2.94. The Balaban J connectivity index is 1.80. The number of piperidine rings is 1. The van der Waals surface area contributed by atoms with Crippen LogP contribution in [0.25, 0.3) is 0 Å². The Morgan fingerprint density at radius 2 is 2.24 bits per heavy atom. The molecule has 1 unspecified atom stereocenters. The largest absolute Gasteiger partial charge is 0.338 e. The highest BCUT2D eigenvalue weighted by atomic mass is 35.5. The first-order valence-corrected chi connectivity index (χ1v) is 7.39. The molecule has 0 saturated carbocycles. The van der Waals surface area contributed by atoms with E-state index in [0.717, 1.165) is 12.8 Å². The molecule has 1 aliphatic heterocycles. The Hall–Kier alpha value is -1.66. The zero-order valence-corrected chi connectivity index (χ0v) is 12.6. The number of tetrazole rings is 1. The molecule has 1 aliphatic rings. The Morgan fingerprint density at radius 1 is 1.38 bits per heavy atom. The second kappa shape index (κ2) is 5.99. The topological polar surface area (TPSA) is 74.8 Å². The summed E-state index contributed by atoms with van der Waals surface area (Å²) in [5, 5.41) is 14.7. The Bertz CT molecular complexity index is 646. The summed E-state index contributed by atoms with van der Waals surface area (Å²) in [4.78, 5) is 14.4. The van der Waals surface area contributed by atoms with Gasteiger partial charge >= 0.3 is 0 Å². The maximum Gasteiger partial charge on any atom is 0.255 e. The number of carbonyl (C=O) groups excluding carboxylic acids is 1. The molecule has 2 heterocycles. The number of halogens is 2. The molecule has 1 saturated heterocycles. The number of hydrogen-bond donors (Lipinski definition) is 1. The lowest BCUT2D eigenvalue weighted by atomic mass is 9.97. The molecule has 1 aromatic carbocycles. The summed E-state index contributed by atoms with van der Waals surface area (Å²) in [5.74, 6) is 0.625. The van der Waals surface area contributed by atoms with Crippen molar-refractivity contribution in [3.05, 3.63) is 39.6 Å². The zero-order valence-electron chi connectivity index (χ0n) is 11.1. The van der Waals surface area contributed by atoms with E-state index in [1.807, 2.05) is 0 Å². The molecule has 0 spiro atoms. The Morgan fingerprint density at radius 3 is 3.00 bits per heavy atom. The Labute approximate surface area is 131 Å². The molecule has 1 N–H and O–H groups in total. The standard InChI is InChI=1S/C13H13Cl2N5O/c14-10-5-1-4-9(11(10)15)13(21)20-6-2-3-8(7-20)12-16-18-19-17-12/h1,4-5,8H,2-3,6-7H2,(H,16,17,18,19). The monoisotopic (exact) mass is 325 g/mol. The second-order valence-electron chi connectivity index (χ2n) is 4.96. The van der Waals surface area contributed by atoms with Crippen LogP contribution in [0.2, 0.25) is 10.0 Å². The van der Waals surface area contributed by atoms with Crippen molar-refractivity contribution >= 4 is 29.1 Å². The highest BCUT2D eigenvalue weighted by molar-refractivity contribution is 6.43. The number of H-pyrrole nitrogens is 1. The van der Waals surface area contributed by atoms with Crippen LogP contribution in [0.15, 0.2) is 18.2 Å². The van der Waals surface area contributed by atoms with Crippen LogP contribution in [0.5, 0.6) is 0 Å².